The van der Waals surface area contributed by atoms with E-state index >= 15 is 0 Å². The van der Waals surface area contributed by atoms with Crippen molar-refractivity contribution in [3.8, 4) is 0 Å². The van der Waals surface area contributed by atoms with Crippen LogP contribution in [0.25, 0.3) is 10.8 Å². The molecule has 0 N–H and O–H groups in total. The Morgan fingerprint density at radius 1 is 0.897 bits per heavy atom. The number of halogens is 2. The summed E-state index contributed by atoms with van der Waals surface area (Å²) in [7, 11) is 0. The van der Waals surface area contributed by atoms with Crippen molar-refractivity contribution in [2.45, 2.75) is 6.42 Å². The molecule has 1 fully saturated rings. The lowest BCUT2D eigenvalue weighted by atomic mass is 10.0. The highest BCUT2D eigenvalue weighted by molar-refractivity contribution is 6.33. The highest BCUT2D eigenvalue weighted by atomic mass is 35.5. The molecule has 148 valence electrons. The second-order valence-electron chi connectivity index (χ2n) is 7.11. The van der Waals surface area contributed by atoms with Crippen molar-refractivity contribution in [1.29, 1.82) is 0 Å². The first kappa shape index (κ1) is 19.4. The largest absolute Gasteiger partial charge is 0.339 e. The first-order valence-corrected chi connectivity index (χ1v) is 9.89. The zero-order chi connectivity index (χ0) is 20.4. The number of rotatable bonds is 3. The van der Waals surface area contributed by atoms with Gasteiger partial charge in [-0.15, -0.1) is 0 Å². The van der Waals surface area contributed by atoms with Gasteiger partial charge in [0.05, 0.1) is 17.0 Å². The molecule has 4 rings (SSSR count). The van der Waals surface area contributed by atoms with E-state index in [1.54, 1.807) is 9.80 Å². The molecular weight excluding hydrogens is 391 g/mol. The molecule has 0 radical (unpaired) electrons. The highest BCUT2D eigenvalue weighted by Crippen LogP contribution is 2.21. The van der Waals surface area contributed by atoms with E-state index in [-0.39, 0.29) is 22.4 Å². The summed E-state index contributed by atoms with van der Waals surface area (Å²) in [5, 5.41) is 2.30. The molecule has 0 bridgehead atoms. The number of fused-ring (bicyclic) bond motifs is 1. The molecule has 0 spiro atoms. The van der Waals surface area contributed by atoms with E-state index in [4.69, 9.17) is 11.6 Å². The minimum atomic E-state index is -0.476. The summed E-state index contributed by atoms with van der Waals surface area (Å²) in [6.07, 6.45) is 0.332. The molecule has 0 unspecified atom stereocenters. The van der Waals surface area contributed by atoms with Crippen LogP contribution >= 0.6 is 11.6 Å². The van der Waals surface area contributed by atoms with Crippen molar-refractivity contribution in [3.05, 3.63) is 82.6 Å². The maximum Gasteiger partial charge on any atom is 0.255 e. The minimum absolute atomic E-state index is 0.0493. The summed E-state index contributed by atoms with van der Waals surface area (Å²) in [5.41, 5.74) is 1.29. The van der Waals surface area contributed by atoms with Crippen molar-refractivity contribution in [3.63, 3.8) is 0 Å². The van der Waals surface area contributed by atoms with Crippen LogP contribution < -0.4 is 0 Å². The molecule has 0 aliphatic carbocycles. The second-order valence-corrected chi connectivity index (χ2v) is 7.52. The number of benzene rings is 3. The van der Waals surface area contributed by atoms with Crippen LogP contribution in [0, 0.1) is 5.82 Å². The molecule has 1 aliphatic rings. The number of carbonyl (C=O) groups excluding carboxylic acids is 2. The van der Waals surface area contributed by atoms with Crippen LogP contribution in [-0.4, -0.2) is 47.8 Å². The predicted molar refractivity (Wildman–Crippen MR) is 112 cm³/mol. The Morgan fingerprint density at radius 3 is 2.34 bits per heavy atom. The Balaban J connectivity index is 1.40. The van der Waals surface area contributed by atoms with E-state index in [1.807, 2.05) is 42.5 Å². The maximum atomic E-state index is 13.2. The molecule has 6 heteroatoms. The van der Waals surface area contributed by atoms with Gasteiger partial charge in [0.25, 0.3) is 5.91 Å². The Kier molecular flexibility index (Phi) is 5.49. The summed E-state index contributed by atoms with van der Waals surface area (Å²) in [6.45, 7) is 1.78. The number of hydrogen-bond acceptors (Lipinski definition) is 2. The molecule has 3 aromatic carbocycles. The molecule has 2 amide bonds. The van der Waals surface area contributed by atoms with Gasteiger partial charge in [0.15, 0.2) is 0 Å². The molecule has 0 aromatic heterocycles. The molecular formula is C23H20ClFN2O2. The average Bonchev–Trinajstić information content (AvgIpc) is 2.74. The van der Waals surface area contributed by atoms with Gasteiger partial charge in [0.2, 0.25) is 5.91 Å². The van der Waals surface area contributed by atoms with Crippen molar-refractivity contribution in [2.75, 3.05) is 26.2 Å². The van der Waals surface area contributed by atoms with Gasteiger partial charge < -0.3 is 9.80 Å². The Bertz CT molecular complexity index is 1070. The fraction of sp³-hybridized carbons (Fsp3) is 0.217. The van der Waals surface area contributed by atoms with Gasteiger partial charge in [-0.3, -0.25) is 9.59 Å². The van der Waals surface area contributed by atoms with Crippen LogP contribution in [0.4, 0.5) is 4.39 Å². The molecule has 29 heavy (non-hydrogen) atoms. The van der Waals surface area contributed by atoms with Crippen LogP contribution in [0.3, 0.4) is 0 Å². The number of carbonyl (C=O) groups is 2. The van der Waals surface area contributed by atoms with Gasteiger partial charge in [-0.25, -0.2) is 4.39 Å². The first-order valence-electron chi connectivity index (χ1n) is 9.51. The normalized spacial score (nSPS) is 14.3. The Morgan fingerprint density at radius 2 is 1.59 bits per heavy atom. The lowest BCUT2D eigenvalue weighted by Crippen LogP contribution is -2.51. The Hall–Kier alpha value is -2.92. The summed E-state index contributed by atoms with van der Waals surface area (Å²) in [4.78, 5) is 28.9. The van der Waals surface area contributed by atoms with E-state index < -0.39 is 5.82 Å². The van der Waals surface area contributed by atoms with Gasteiger partial charge in [-0.1, -0.05) is 54.1 Å². The standard InChI is InChI=1S/C23H20ClFN2O2/c24-21-15-18(25)8-9-20(21)23(29)27-12-10-26(11-13-27)22(28)14-17-6-3-5-16-4-1-2-7-19(16)17/h1-9,15H,10-14H2. The highest BCUT2D eigenvalue weighted by Gasteiger charge is 2.26. The van der Waals surface area contributed by atoms with Gasteiger partial charge in [0.1, 0.15) is 5.82 Å². The third-order valence-corrected chi connectivity index (χ3v) is 5.62. The van der Waals surface area contributed by atoms with Crippen LogP contribution in [-0.2, 0) is 11.2 Å². The number of hydrogen-bond donors (Lipinski definition) is 0. The number of piperazine rings is 1. The van der Waals surface area contributed by atoms with Crippen LogP contribution in [0.15, 0.2) is 60.7 Å². The smallest absolute Gasteiger partial charge is 0.255 e. The SMILES string of the molecule is O=C(Cc1cccc2ccccc12)N1CCN(C(=O)c2ccc(F)cc2Cl)CC1. The Labute approximate surface area is 173 Å². The lowest BCUT2D eigenvalue weighted by molar-refractivity contribution is -0.131. The van der Waals surface area contributed by atoms with Gasteiger partial charge in [-0.2, -0.15) is 0 Å². The zero-order valence-electron chi connectivity index (χ0n) is 15.8. The minimum Gasteiger partial charge on any atom is -0.339 e. The third kappa shape index (κ3) is 4.10. The number of amides is 2. The van der Waals surface area contributed by atoms with Crippen LogP contribution in [0.2, 0.25) is 5.02 Å². The predicted octanol–water partition coefficient (Wildman–Crippen LogP) is 4.16. The van der Waals surface area contributed by atoms with Crippen LogP contribution in [0.5, 0.6) is 0 Å². The number of nitrogens with zero attached hydrogens (tertiary/aromatic N) is 2. The summed E-state index contributed by atoms with van der Waals surface area (Å²) in [5.74, 6) is -0.667. The quantitative estimate of drug-likeness (QED) is 0.650. The van der Waals surface area contributed by atoms with Crippen molar-refractivity contribution >= 4 is 34.2 Å². The molecule has 1 heterocycles. The van der Waals surface area contributed by atoms with Crippen molar-refractivity contribution < 1.29 is 14.0 Å². The summed E-state index contributed by atoms with van der Waals surface area (Å²) in [6, 6.07) is 17.8. The molecule has 0 saturated carbocycles. The van der Waals surface area contributed by atoms with Crippen LogP contribution in [0.1, 0.15) is 15.9 Å². The second kappa shape index (κ2) is 8.21. The molecule has 4 nitrogen and oxygen atoms in total. The topological polar surface area (TPSA) is 40.6 Å². The molecule has 1 aliphatic heterocycles. The molecule has 0 atom stereocenters. The monoisotopic (exact) mass is 410 g/mol. The summed E-state index contributed by atoms with van der Waals surface area (Å²) >= 11 is 6.01. The third-order valence-electron chi connectivity index (χ3n) is 5.30. The van der Waals surface area contributed by atoms with Gasteiger partial charge in [-0.05, 0) is 34.5 Å². The van der Waals surface area contributed by atoms with E-state index in [0.717, 1.165) is 22.4 Å². The fourth-order valence-electron chi connectivity index (χ4n) is 3.71. The van der Waals surface area contributed by atoms with Crippen molar-refractivity contribution in [2.24, 2.45) is 0 Å². The van der Waals surface area contributed by atoms with Gasteiger partial charge in [0, 0.05) is 26.2 Å². The van der Waals surface area contributed by atoms with E-state index in [1.165, 1.54) is 12.1 Å². The molecule has 3 aromatic rings. The van der Waals surface area contributed by atoms with Crippen molar-refractivity contribution in [1.82, 2.24) is 9.80 Å². The lowest BCUT2D eigenvalue weighted by Gasteiger charge is -2.35. The summed E-state index contributed by atoms with van der Waals surface area (Å²) < 4.78 is 13.2. The van der Waals surface area contributed by atoms with E-state index in [2.05, 4.69) is 0 Å². The maximum absolute atomic E-state index is 13.2. The van der Waals surface area contributed by atoms with E-state index in [0.29, 0.717) is 32.6 Å². The fourth-order valence-corrected chi connectivity index (χ4v) is 3.96. The van der Waals surface area contributed by atoms with Gasteiger partial charge >= 0.3 is 0 Å². The zero-order valence-corrected chi connectivity index (χ0v) is 16.5. The average molecular weight is 411 g/mol. The van der Waals surface area contributed by atoms with E-state index in [9.17, 15) is 14.0 Å². The first-order chi connectivity index (χ1) is 14.0. The molecule has 1 saturated heterocycles.